The molecule has 0 atom stereocenters. The van der Waals surface area contributed by atoms with Crippen LogP contribution in [0.2, 0.25) is 0 Å². The smallest absolute Gasteiger partial charge is 0.189 e. The quantitative estimate of drug-likeness (QED) is 0.631. The second-order valence-electron chi connectivity index (χ2n) is 2.71. The zero-order valence-corrected chi connectivity index (χ0v) is 7.65. The van der Waals surface area contributed by atoms with Gasteiger partial charge in [0.15, 0.2) is 0 Å². The van der Waals surface area contributed by atoms with E-state index in [2.05, 4.69) is 0 Å². The average Bonchev–Trinajstić information content (AvgIpc) is 1.92. The molecular weight excluding hydrogens is 179 g/mol. The van der Waals surface area contributed by atoms with Crippen LogP contribution in [0.5, 0.6) is 0 Å². The van der Waals surface area contributed by atoms with Crippen LogP contribution >= 0.6 is 0 Å². The third-order valence-corrected chi connectivity index (χ3v) is 2.57. The minimum atomic E-state index is -4.56. The van der Waals surface area contributed by atoms with Crippen molar-refractivity contribution in [3.8, 4) is 0 Å². The molecule has 1 aromatic rings. The summed E-state index contributed by atoms with van der Waals surface area (Å²) in [6.45, 7) is 3.28. The summed E-state index contributed by atoms with van der Waals surface area (Å²) >= 11 is 0. The van der Waals surface area contributed by atoms with Crippen LogP contribution in [0.1, 0.15) is 11.1 Å². The van der Waals surface area contributed by atoms with Crippen molar-refractivity contribution in [3.05, 3.63) is 29.3 Å². The van der Waals surface area contributed by atoms with Gasteiger partial charge in [-0.05, 0) is 31.0 Å². The first-order chi connectivity index (χ1) is 5.41. The summed E-state index contributed by atoms with van der Waals surface area (Å²) in [5.41, 5.74) is 1.17. The predicted octanol–water partition coefficient (Wildman–Crippen LogP) is 1.96. The lowest BCUT2D eigenvalue weighted by Gasteiger charge is -2.00. The zero-order valence-electron chi connectivity index (χ0n) is 6.83. The Morgan fingerprint density at radius 2 is 1.83 bits per heavy atom. The second kappa shape index (κ2) is 2.86. The van der Waals surface area contributed by atoms with Crippen molar-refractivity contribution in [1.82, 2.24) is 0 Å². The molecule has 66 valence electrons. The molecule has 2 nitrogen and oxygen atoms in total. The number of hydrogen-bond acceptors (Lipinski definition) is 2. The minimum Gasteiger partial charge on any atom is -0.189 e. The number of rotatable bonds is 1. The van der Waals surface area contributed by atoms with Gasteiger partial charge in [0.1, 0.15) is 4.90 Å². The Balaban J connectivity index is 3.43. The highest BCUT2D eigenvalue weighted by molar-refractivity contribution is 7.86. The highest BCUT2D eigenvalue weighted by Crippen LogP contribution is 2.18. The Kier molecular flexibility index (Phi) is 2.19. The Bertz CT molecular complexity index is 396. The van der Waals surface area contributed by atoms with Gasteiger partial charge in [-0.2, -0.15) is 8.42 Å². The normalized spacial score (nSPS) is 11.6. The summed E-state index contributed by atoms with van der Waals surface area (Å²) in [5, 5.41) is 0. The van der Waals surface area contributed by atoms with Crippen molar-refractivity contribution in [2.24, 2.45) is 0 Å². The van der Waals surface area contributed by atoms with Crippen LogP contribution in [0.3, 0.4) is 0 Å². The van der Waals surface area contributed by atoms with Crippen molar-refractivity contribution in [1.29, 1.82) is 0 Å². The lowest BCUT2D eigenvalue weighted by atomic mass is 10.2. The molecule has 1 rings (SSSR count). The van der Waals surface area contributed by atoms with Crippen LogP contribution in [0.4, 0.5) is 3.89 Å². The number of halogens is 1. The van der Waals surface area contributed by atoms with E-state index >= 15 is 0 Å². The van der Waals surface area contributed by atoms with E-state index in [1.54, 1.807) is 26.0 Å². The van der Waals surface area contributed by atoms with Crippen molar-refractivity contribution in [3.63, 3.8) is 0 Å². The van der Waals surface area contributed by atoms with Crippen molar-refractivity contribution >= 4 is 10.2 Å². The molecule has 0 bridgehead atoms. The molecule has 12 heavy (non-hydrogen) atoms. The second-order valence-corrected chi connectivity index (χ2v) is 4.02. The van der Waals surface area contributed by atoms with Crippen LogP contribution < -0.4 is 0 Å². The summed E-state index contributed by atoms with van der Waals surface area (Å²) < 4.78 is 33.6. The van der Waals surface area contributed by atoms with Crippen molar-refractivity contribution in [2.75, 3.05) is 0 Å². The first kappa shape index (κ1) is 9.19. The SMILES string of the molecule is Cc1ccc(C)c(S(=O)(=O)F)c1. The summed E-state index contributed by atoms with van der Waals surface area (Å²) in [6, 6.07) is 4.65. The van der Waals surface area contributed by atoms with Crippen LogP contribution in [0, 0.1) is 13.8 Å². The van der Waals surface area contributed by atoms with Gasteiger partial charge in [-0.25, -0.2) is 0 Å². The van der Waals surface area contributed by atoms with E-state index < -0.39 is 10.2 Å². The molecule has 4 heteroatoms. The third-order valence-electron chi connectivity index (χ3n) is 1.61. The Labute approximate surface area is 71.2 Å². The van der Waals surface area contributed by atoms with Crippen molar-refractivity contribution < 1.29 is 12.3 Å². The van der Waals surface area contributed by atoms with Gasteiger partial charge in [0, 0.05) is 0 Å². The molecule has 0 heterocycles. The van der Waals surface area contributed by atoms with Gasteiger partial charge in [-0.15, -0.1) is 3.89 Å². The average molecular weight is 188 g/mol. The fraction of sp³-hybridized carbons (Fsp3) is 0.250. The predicted molar refractivity (Wildman–Crippen MR) is 44.2 cm³/mol. The molecule has 0 unspecified atom stereocenters. The molecule has 1 aromatic carbocycles. The summed E-state index contributed by atoms with van der Waals surface area (Å²) in [4.78, 5) is -0.234. The molecular formula is C8H9FO2S. The highest BCUT2D eigenvalue weighted by atomic mass is 32.3. The summed E-state index contributed by atoms with van der Waals surface area (Å²) in [5.74, 6) is 0. The molecule has 0 aliphatic heterocycles. The Hall–Kier alpha value is -0.900. The van der Waals surface area contributed by atoms with E-state index in [1.807, 2.05) is 0 Å². The van der Waals surface area contributed by atoms with E-state index in [-0.39, 0.29) is 4.90 Å². The number of hydrogen-bond donors (Lipinski definition) is 0. The number of benzene rings is 1. The van der Waals surface area contributed by atoms with Gasteiger partial charge >= 0.3 is 10.2 Å². The Morgan fingerprint density at radius 1 is 1.25 bits per heavy atom. The molecule has 0 aliphatic carbocycles. The monoisotopic (exact) mass is 188 g/mol. The highest BCUT2D eigenvalue weighted by Gasteiger charge is 2.14. The molecule has 0 aromatic heterocycles. The maximum Gasteiger partial charge on any atom is 0.332 e. The van der Waals surface area contributed by atoms with E-state index in [1.165, 1.54) is 6.07 Å². The van der Waals surface area contributed by atoms with E-state index in [0.29, 0.717) is 5.56 Å². The van der Waals surface area contributed by atoms with Gasteiger partial charge in [0.05, 0.1) is 0 Å². The van der Waals surface area contributed by atoms with Crippen molar-refractivity contribution in [2.45, 2.75) is 18.7 Å². The van der Waals surface area contributed by atoms with E-state index in [9.17, 15) is 12.3 Å². The molecule has 0 aliphatic rings. The van der Waals surface area contributed by atoms with Gasteiger partial charge in [-0.3, -0.25) is 0 Å². The number of aryl methyl sites for hydroxylation is 2. The van der Waals surface area contributed by atoms with Crippen LogP contribution in [-0.2, 0) is 10.2 Å². The fourth-order valence-corrected chi connectivity index (χ4v) is 1.75. The molecule has 0 saturated carbocycles. The molecule has 0 amide bonds. The first-order valence-corrected chi connectivity index (χ1v) is 4.81. The summed E-state index contributed by atoms with van der Waals surface area (Å²) in [6.07, 6.45) is 0. The van der Waals surface area contributed by atoms with Crippen LogP contribution in [0.15, 0.2) is 23.1 Å². The maximum absolute atomic E-state index is 12.5. The standard InChI is InChI=1S/C8H9FO2S/c1-6-3-4-7(2)8(5-6)12(9,10)11/h3-5H,1-2H3. The fourth-order valence-electron chi connectivity index (χ4n) is 0.970. The Morgan fingerprint density at radius 3 is 2.25 bits per heavy atom. The van der Waals surface area contributed by atoms with Crippen LogP contribution in [0.25, 0.3) is 0 Å². The van der Waals surface area contributed by atoms with Gasteiger partial charge in [0.2, 0.25) is 0 Å². The molecule has 0 N–H and O–H groups in total. The maximum atomic E-state index is 12.5. The van der Waals surface area contributed by atoms with E-state index in [0.717, 1.165) is 5.56 Å². The van der Waals surface area contributed by atoms with Gasteiger partial charge < -0.3 is 0 Å². The topological polar surface area (TPSA) is 34.1 Å². The third kappa shape index (κ3) is 1.82. The lowest BCUT2D eigenvalue weighted by molar-refractivity contribution is 0.551. The molecule has 0 radical (unpaired) electrons. The molecule has 0 spiro atoms. The zero-order chi connectivity index (χ0) is 9.35. The molecule has 0 fully saturated rings. The lowest BCUT2D eigenvalue weighted by Crippen LogP contribution is -1.95. The van der Waals surface area contributed by atoms with Crippen LogP contribution in [-0.4, -0.2) is 8.42 Å². The van der Waals surface area contributed by atoms with Gasteiger partial charge in [-0.1, -0.05) is 12.1 Å². The van der Waals surface area contributed by atoms with E-state index in [4.69, 9.17) is 0 Å². The largest absolute Gasteiger partial charge is 0.332 e. The summed E-state index contributed by atoms with van der Waals surface area (Å²) in [7, 11) is -4.56. The first-order valence-electron chi connectivity index (χ1n) is 3.43. The molecule has 0 saturated heterocycles. The minimum absolute atomic E-state index is 0.234. The van der Waals surface area contributed by atoms with Gasteiger partial charge in [0.25, 0.3) is 0 Å².